The number of likely N-dealkylation sites (N-methyl/N-ethyl adjacent to an activating group) is 1. The highest BCUT2D eigenvalue weighted by molar-refractivity contribution is 9.10. The Hall–Kier alpha value is -1.23. The number of anilines is 1. The van der Waals surface area contributed by atoms with Gasteiger partial charge in [0.1, 0.15) is 6.10 Å². The first kappa shape index (κ1) is 12.2. The maximum Gasteiger partial charge on any atom is 0.307 e. The molecule has 0 aromatic heterocycles. The third-order valence-electron chi connectivity index (χ3n) is 3.12. The average molecular weight is 300 g/mol. The van der Waals surface area contributed by atoms with E-state index < -0.39 is 5.97 Å². The summed E-state index contributed by atoms with van der Waals surface area (Å²) in [6, 6.07) is 5.83. The molecule has 5 heteroatoms. The number of hydrogen-bond acceptors (Lipinski definition) is 3. The van der Waals surface area contributed by atoms with Crippen molar-refractivity contribution in [3.63, 3.8) is 0 Å². The van der Waals surface area contributed by atoms with Crippen LogP contribution >= 0.6 is 15.9 Å². The number of carbonyl (C=O) groups is 1. The van der Waals surface area contributed by atoms with Gasteiger partial charge in [0.2, 0.25) is 0 Å². The number of carboxylic acids is 1. The number of fused-ring (bicyclic) bond motifs is 1. The smallest absolute Gasteiger partial charge is 0.307 e. The third kappa shape index (κ3) is 2.24. The zero-order valence-corrected chi connectivity index (χ0v) is 11.3. The van der Waals surface area contributed by atoms with Gasteiger partial charge in [-0.25, -0.2) is 0 Å². The van der Waals surface area contributed by atoms with Crippen molar-refractivity contribution in [1.82, 2.24) is 0 Å². The highest BCUT2D eigenvalue weighted by Gasteiger charge is 2.33. The van der Waals surface area contributed by atoms with Gasteiger partial charge in [-0.1, -0.05) is 6.07 Å². The predicted octanol–water partition coefficient (Wildman–Crippen LogP) is 2.51. The second-order valence-corrected chi connectivity index (χ2v) is 5.05. The molecule has 2 unspecified atom stereocenters. The highest BCUT2D eigenvalue weighted by atomic mass is 79.9. The molecular weight excluding hydrogens is 286 g/mol. The fraction of sp³-hybridized carbons (Fsp3) is 0.417. The van der Waals surface area contributed by atoms with E-state index in [-0.39, 0.29) is 18.6 Å². The van der Waals surface area contributed by atoms with Gasteiger partial charge in [-0.3, -0.25) is 4.79 Å². The van der Waals surface area contributed by atoms with Crippen LogP contribution in [0.5, 0.6) is 5.75 Å². The van der Waals surface area contributed by atoms with Gasteiger partial charge in [-0.2, -0.15) is 0 Å². The van der Waals surface area contributed by atoms with E-state index >= 15 is 0 Å². The fourth-order valence-electron chi connectivity index (χ4n) is 1.99. The lowest BCUT2D eigenvalue weighted by Crippen LogP contribution is -2.47. The summed E-state index contributed by atoms with van der Waals surface area (Å²) in [5, 5.41) is 8.88. The second kappa shape index (κ2) is 4.56. The summed E-state index contributed by atoms with van der Waals surface area (Å²) in [7, 11) is 1.95. The molecule has 0 saturated carbocycles. The lowest BCUT2D eigenvalue weighted by Gasteiger charge is -2.39. The van der Waals surface area contributed by atoms with Crippen LogP contribution in [0.2, 0.25) is 0 Å². The van der Waals surface area contributed by atoms with Crippen LogP contribution in [0.15, 0.2) is 22.7 Å². The van der Waals surface area contributed by atoms with Gasteiger partial charge in [0.25, 0.3) is 0 Å². The number of halogens is 1. The Morgan fingerprint density at radius 3 is 2.94 bits per heavy atom. The van der Waals surface area contributed by atoms with Gasteiger partial charge < -0.3 is 14.7 Å². The molecule has 1 N–H and O–H groups in total. The minimum atomic E-state index is -0.842. The van der Waals surface area contributed by atoms with Crippen LogP contribution in [0.3, 0.4) is 0 Å². The molecule has 0 saturated heterocycles. The number of rotatable bonds is 2. The van der Waals surface area contributed by atoms with Crippen molar-refractivity contribution < 1.29 is 14.6 Å². The van der Waals surface area contributed by atoms with E-state index in [4.69, 9.17) is 9.84 Å². The molecule has 0 spiro atoms. The van der Waals surface area contributed by atoms with E-state index in [0.29, 0.717) is 0 Å². The van der Waals surface area contributed by atoms with E-state index in [1.54, 1.807) is 0 Å². The quantitative estimate of drug-likeness (QED) is 0.912. The molecule has 1 aromatic rings. The molecule has 4 nitrogen and oxygen atoms in total. The van der Waals surface area contributed by atoms with Crippen molar-refractivity contribution in [2.75, 3.05) is 11.9 Å². The van der Waals surface area contributed by atoms with Crippen molar-refractivity contribution in [2.24, 2.45) is 0 Å². The average Bonchev–Trinajstić information content (AvgIpc) is 2.26. The lowest BCUT2D eigenvalue weighted by molar-refractivity contribution is -0.139. The Morgan fingerprint density at radius 2 is 2.29 bits per heavy atom. The Morgan fingerprint density at radius 1 is 1.59 bits per heavy atom. The molecule has 17 heavy (non-hydrogen) atoms. The minimum Gasteiger partial charge on any atom is -0.484 e. The Bertz CT molecular complexity index is 449. The summed E-state index contributed by atoms with van der Waals surface area (Å²) in [4.78, 5) is 12.9. The predicted molar refractivity (Wildman–Crippen MR) is 68.7 cm³/mol. The summed E-state index contributed by atoms with van der Waals surface area (Å²) in [6.45, 7) is 1.97. The van der Waals surface area contributed by atoms with E-state index in [1.165, 1.54) is 0 Å². The molecule has 0 radical (unpaired) electrons. The van der Waals surface area contributed by atoms with Crippen LogP contribution in [0.4, 0.5) is 5.69 Å². The molecule has 1 aliphatic rings. The number of para-hydroxylation sites is 1. The topological polar surface area (TPSA) is 49.8 Å². The molecule has 2 atom stereocenters. The first-order chi connectivity index (χ1) is 8.00. The van der Waals surface area contributed by atoms with Crippen LogP contribution in [0.25, 0.3) is 0 Å². The van der Waals surface area contributed by atoms with E-state index in [0.717, 1.165) is 15.9 Å². The van der Waals surface area contributed by atoms with Crippen LogP contribution in [0.1, 0.15) is 13.3 Å². The normalized spacial score (nSPS) is 22.9. The Balaban J connectivity index is 2.36. The highest BCUT2D eigenvalue weighted by Crippen LogP contribution is 2.41. The van der Waals surface area contributed by atoms with Gasteiger partial charge in [0.15, 0.2) is 5.75 Å². The molecule has 1 aromatic carbocycles. The van der Waals surface area contributed by atoms with Crippen LogP contribution in [-0.2, 0) is 4.79 Å². The SMILES string of the molecule is CC1C(CC(=O)O)Oc2c(Br)cccc2N1C. The van der Waals surface area contributed by atoms with E-state index in [1.807, 2.05) is 32.2 Å². The molecule has 0 bridgehead atoms. The summed E-state index contributed by atoms with van der Waals surface area (Å²) in [6.07, 6.45) is -0.324. The Labute approximate surface area is 108 Å². The summed E-state index contributed by atoms with van der Waals surface area (Å²) >= 11 is 3.42. The molecule has 0 fully saturated rings. The molecule has 1 aliphatic heterocycles. The first-order valence-corrected chi connectivity index (χ1v) is 6.20. The van der Waals surface area contributed by atoms with Gasteiger partial charge in [0, 0.05) is 7.05 Å². The summed E-state index contributed by atoms with van der Waals surface area (Å²) < 4.78 is 6.64. The number of hydrogen-bond donors (Lipinski definition) is 1. The summed E-state index contributed by atoms with van der Waals surface area (Å²) in [5.41, 5.74) is 0.980. The summed E-state index contributed by atoms with van der Waals surface area (Å²) in [5.74, 6) is -0.120. The molecule has 0 amide bonds. The minimum absolute atomic E-state index is 0.00623. The number of nitrogens with zero attached hydrogens (tertiary/aromatic N) is 1. The van der Waals surface area contributed by atoms with Crippen LogP contribution < -0.4 is 9.64 Å². The first-order valence-electron chi connectivity index (χ1n) is 5.40. The number of benzene rings is 1. The largest absolute Gasteiger partial charge is 0.484 e. The zero-order valence-electron chi connectivity index (χ0n) is 9.68. The number of aliphatic carboxylic acids is 1. The van der Waals surface area contributed by atoms with Crippen LogP contribution in [-0.4, -0.2) is 30.3 Å². The van der Waals surface area contributed by atoms with E-state index in [2.05, 4.69) is 20.8 Å². The molecule has 1 heterocycles. The molecular formula is C12H14BrNO3. The maximum atomic E-state index is 10.8. The van der Waals surface area contributed by atoms with E-state index in [9.17, 15) is 4.79 Å². The molecule has 0 aliphatic carbocycles. The van der Waals surface area contributed by atoms with Crippen molar-refractivity contribution in [3.05, 3.63) is 22.7 Å². The van der Waals surface area contributed by atoms with Gasteiger partial charge in [0.05, 0.1) is 22.6 Å². The van der Waals surface area contributed by atoms with Crippen molar-refractivity contribution >= 4 is 27.6 Å². The number of ether oxygens (including phenoxy) is 1. The zero-order chi connectivity index (χ0) is 12.6. The molecule has 92 valence electrons. The molecule has 2 rings (SSSR count). The number of carboxylic acid groups (broad SMARTS) is 1. The second-order valence-electron chi connectivity index (χ2n) is 4.19. The third-order valence-corrected chi connectivity index (χ3v) is 3.74. The monoisotopic (exact) mass is 299 g/mol. The van der Waals surface area contributed by atoms with Crippen LogP contribution in [0, 0.1) is 0 Å². The Kier molecular flexibility index (Phi) is 3.28. The van der Waals surface area contributed by atoms with Crippen molar-refractivity contribution in [2.45, 2.75) is 25.5 Å². The lowest BCUT2D eigenvalue weighted by atomic mass is 10.0. The van der Waals surface area contributed by atoms with Crippen molar-refractivity contribution in [3.8, 4) is 5.75 Å². The van der Waals surface area contributed by atoms with Gasteiger partial charge in [-0.05, 0) is 35.0 Å². The van der Waals surface area contributed by atoms with Crippen molar-refractivity contribution in [1.29, 1.82) is 0 Å². The fourth-order valence-corrected chi connectivity index (χ4v) is 2.44. The van der Waals surface area contributed by atoms with Gasteiger partial charge >= 0.3 is 5.97 Å². The standard InChI is InChI=1S/C12H14BrNO3/c1-7-10(6-11(15)16)17-12-8(13)4-3-5-9(12)14(7)2/h3-5,7,10H,6H2,1-2H3,(H,15,16). The maximum absolute atomic E-state index is 10.8. The van der Waals surface area contributed by atoms with Gasteiger partial charge in [-0.15, -0.1) is 0 Å².